The van der Waals surface area contributed by atoms with Crippen molar-refractivity contribution in [2.45, 2.75) is 38.4 Å². The quantitative estimate of drug-likeness (QED) is 0.944. The zero-order chi connectivity index (χ0) is 14.7. The molecule has 0 saturated carbocycles. The highest BCUT2D eigenvalue weighted by molar-refractivity contribution is 7.10. The Hall–Kier alpha value is -1.82. The van der Waals surface area contributed by atoms with Gasteiger partial charge in [0.2, 0.25) is 0 Å². The molecule has 2 aromatic heterocycles. The Labute approximate surface area is 128 Å². The van der Waals surface area contributed by atoms with Crippen LogP contribution < -0.4 is 5.32 Å². The molecule has 1 saturated heterocycles. The van der Waals surface area contributed by atoms with E-state index in [1.807, 2.05) is 28.8 Å². The number of amides is 2. The van der Waals surface area contributed by atoms with E-state index >= 15 is 0 Å². The van der Waals surface area contributed by atoms with Gasteiger partial charge in [0.05, 0.1) is 12.6 Å². The highest BCUT2D eigenvalue weighted by Crippen LogP contribution is 2.34. The molecule has 1 aliphatic heterocycles. The van der Waals surface area contributed by atoms with Crippen LogP contribution in [0.1, 0.15) is 30.7 Å². The third-order valence-corrected chi connectivity index (χ3v) is 4.75. The van der Waals surface area contributed by atoms with Crippen LogP contribution in [0.4, 0.5) is 4.79 Å². The van der Waals surface area contributed by atoms with Crippen LogP contribution in [-0.2, 0) is 6.54 Å². The zero-order valence-electron chi connectivity index (χ0n) is 12.1. The number of hydrogen-bond acceptors (Lipinski definition) is 3. The van der Waals surface area contributed by atoms with Crippen LogP contribution in [0.3, 0.4) is 0 Å². The highest BCUT2D eigenvalue weighted by Gasteiger charge is 2.31. The van der Waals surface area contributed by atoms with Gasteiger partial charge in [0.15, 0.2) is 0 Å². The molecule has 112 valence electrons. The van der Waals surface area contributed by atoms with Gasteiger partial charge in [-0.15, -0.1) is 11.3 Å². The molecule has 5 nitrogen and oxygen atoms in total. The first-order valence-corrected chi connectivity index (χ1v) is 8.20. The Bertz CT molecular complexity index is 567. The second-order valence-corrected chi connectivity index (χ2v) is 6.42. The van der Waals surface area contributed by atoms with Crippen LogP contribution in [0.5, 0.6) is 0 Å². The maximum absolute atomic E-state index is 12.5. The van der Waals surface area contributed by atoms with Crippen LogP contribution in [-0.4, -0.2) is 33.3 Å². The molecular formula is C15H20N4OS. The number of nitrogens with one attached hydrogen (secondary N) is 1. The topological polar surface area (TPSA) is 50.2 Å². The summed E-state index contributed by atoms with van der Waals surface area (Å²) in [6, 6.07) is 6.39. The molecule has 21 heavy (non-hydrogen) atoms. The summed E-state index contributed by atoms with van der Waals surface area (Å²) in [4.78, 5) is 15.7. The third-order valence-electron chi connectivity index (χ3n) is 3.78. The number of carbonyl (C=O) groups is 1. The van der Waals surface area contributed by atoms with Crippen molar-refractivity contribution in [3.63, 3.8) is 0 Å². The van der Waals surface area contributed by atoms with E-state index in [0.29, 0.717) is 6.54 Å². The van der Waals surface area contributed by atoms with Gasteiger partial charge in [-0.25, -0.2) is 4.79 Å². The lowest BCUT2D eigenvalue weighted by atomic mass is 10.2. The number of nitrogens with zero attached hydrogens (tertiary/aromatic N) is 3. The lowest BCUT2D eigenvalue weighted by molar-refractivity contribution is 0.189. The minimum Gasteiger partial charge on any atom is -0.334 e. The predicted octanol–water partition coefficient (Wildman–Crippen LogP) is 2.88. The van der Waals surface area contributed by atoms with E-state index in [9.17, 15) is 4.79 Å². The van der Waals surface area contributed by atoms with Gasteiger partial charge in [0, 0.05) is 29.9 Å². The highest BCUT2D eigenvalue weighted by atomic mass is 32.1. The van der Waals surface area contributed by atoms with Gasteiger partial charge in [-0.1, -0.05) is 6.07 Å². The van der Waals surface area contributed by atoms with Gasteiger partial charge in [-0.05, 0) is 37.3 Å². The first kappa shape index (κ1) is 14.1. The molecule has 1 N–H and O–H groups in total. The van der Waals surface area contributed by atoms with E-state index in [2.05, 4.69) is 27.9 Å². The molecule has 0 unspecified atom stereocenters. The van der Waals surface area contributed by atoms with Crippen LogP contribution in [0, 0.1) is 0 Å². The first-order valence-electron chi connectivity index (χ1n) is 7.32. The Kier molecular flexibility index (Phi) is 4.24. The second-order valence-electron chi connectivity index (χ2n) is 5.45. The lowest BCUT2D eigenvalue weighted by Crippen LogP contribution is -2.44. The monoisotopic (exact) mass is 304 g/mol. The number of rotatable bonds is 4. The molecule has 0 spiro atoms. The summed E-state index contributed by atoms with van der Waals surface area (Å²) >= 11 is 1.73. The van der Waals surface area contributed by atoms with Crippen molar-refractivity contribution in [1.82, 2.24) is 20.0 Å². The van der Waals surface area contributed by atoms with E-state index in [4.69, 9.17) is 0 Å². The van der Waals surface area contributed by atoms with Gasteiger partial charge in [0.1, 0.15) is 0 Å². The van der Waals surface area contributed by atoms with Crippen LogP contribution in [0.2, 0.25) is 0 Å². The minimum atomic E-state index is 0.0329. The summed E-state index contributed by atoms with van der Waals surface area (Å²) in [5, 5.41) is 9.33. The van der Waals surface area contributed by atoms with Crippen molar-refractivity contribution in [1.29, 1.82) is 0 Å². The normalized spacial score (nSPS) is 19.7. The summed E-state index contributed by atoms with van der Waals surface area (Å²) in [6.45, 7) is 3.54. The molecule has 2 aromatic rings. The van der Waals surface area contributed by atoms with Crippen molar-refractivity contribution in [3.05, 3.63) is 40.8 Å². The Morgan fingerprint density at radius 2 is 2.48 bits per heavy atom. The number of likely N-dealkylation sites (tertiary alicyclic amines) is 1. The second kappa shape index (κ2) is 6.30. The van der Waals surface area contributed by atoms with Crippen molar-refractivity contribution in [3.8, 4) is 0 Å². The van der Waals surface area contributed by atoms with E-state index < -0.39 is 0 Å². The molecule has 1 fully saturated rings. The smallest absolute Gasteiger partial charge is 0.318 e. The molecule has 0 bridgehead atoms. The zero-order valence-corrected chi connectivity index (χ0v) is 12.9. The van der Waals surface area contributed by atoms with Gasteiger partial charge >= 0.3 is 6.03 Å². The maximum Gasteiger partial charge on any atom is 0.318 e. The SMILES string of the molecule is C[C@@H](Cn1cccn1)NC(=O)N1CCC[C@@H]1c1cccs1. The lowest BCUT2D eigenvalue weighted by Gasteiger charge is -2.26. The number of urea groups is 1. The van der Waals surface area contributed by atoms with Crippen molar-refractivity contribution >= 4 is 17.4 Å². The molecule has 3 heterocycles. The van der Waals surface area contributed by atoms with Crippen LogP contribution >= 0.6 is 11.3 Å². The average Bonchev–Trinajstić information content (AvgIpc) is 3.20. The summed E-state index contributed by atoms with van der Waals surface area (Å²) in [6.07, 6.45) is 5.79. The Balaban J connectivity index is 1.59. The maximum atomic E-state index is 12.5. The van der Waals surface area contributed by atoms with E-state index in [-0.39, 0.29) is 18.1 Å². The predicted molar refractivity (Wildman–Crippen MR) is 83.2 cm³/mol. The standard InChI is InChI=1S/C15H20N4OS/c1-12(11-18-8-4-7-16-18)17-15(20)19-9-2-5-13(19)14-6-3-10-21-14/h3-4,6-8,10,12-13H,2,5,9,11H2,1H3,(H,17,20)/t12-,13+/m0/s1. The molecule has 6 heteroatoms. The minimum absolute atomic E-state index is 0.0329. The van der Waals surface area contributed by atoms with Gasteiger partial charge in [0.25, 0.3) is 0 Å². The van der Waals surface area contributed by atoms with E-state index in [0.717, 1.165) is 19.4 Å². The molecule has 0 aliphatic carbocycles. The molecule has 3 rings (SSSR count). The molecule has 2 atom stereocenters. The van der Waals surface area contributed by atoms with Crippen LogP contribution in [0.15, 0.2) is 36.0 Å². The van der Waals surface area contributed by atoms with E-state index in [1.54, 1.807) is 17.5 Å². The fourth-order valence-electron chi connectivity index (χ4n) is 2.81. The summed E-state index contributed by atoms with van der Waals surface area (Å²) in [7, 11) is 0. The van der Waals surface area contributed by atoms with Gasteiger partial charge in [-0.3, -0.25) is 4.68 Å². The first-order chi connectivity index (χ1) is 10.2. The molecule has 0 aromatic carbocycles. The van der Waals surface area contributed by atoms with Gasteiger partial charge < -0.3 is 10.2 Å². The third kappa shape index (κ3) is 3.26. The number of carbonyl (C=O) groups excluding carboxylic acids is 1. The Morgan fingerprint density at radius 1 is 1.57 bits per heavy atom. The van der Waals surface area contributed by atoms with Gasteiger partial charge in [-0.2, -0.15) is 5.10 Å². The number of thiophene rings is 1. The van der Waals surface area contributed by atoms with Crippen molar-refractivity contribution in [2.24, 2.45) is 0 Å². The summed E-state index contributed by atoms with van der Waals surface area (Å²) in [5.41, 5.74) is 0. The van der Waals surface area contributed by atoms with Crippen molar-refractivity contribution < 1.29 is 4.79 Å². The van der Waals surface area contributed by atoms with Crippen molar-refractivity contribution in [2.75, 3.05) is 6.54 Å². The fourth-order valence-corrected chi connectivity index (χ4v) is 3.69. The fraction of sp³-hybridized carbons (Fsp3) is 0.467. The van der Waals surface area contributed by atoms with Crippen LogP contribution in [0.25, 0.3) is 0 Å². The summed E-state index contributed by atoms with van der Waals surface area (Å²) in [5.74, 6) is 0. The molecule has 1 aliphatic rings. The largest absolute Gasteiger partial charge is 0.334 e. The molecule has 0 radical (unpaired) electrons. The molecule has 2 amide bonds. The average molecular weight is 304 g/mol. The summed E-state index contributed by atoms with van der Waals surface area (Å²) < 4.78 is 1.84. The number of hydrogen-bond donors (Lipinski definition) is 1. The number of aromatic nitrogens is 2. The van der Waals surface area contributed by atoms with E-state index in [1.165, 1.54) is 4.88 Å². The Morgan fingerprint density at radius 3 is 3.19 bits per heavy atom. The molecular weight excluding hydrogens is 284 g/mol.